The molecule has 0 saturated heterocycles. The number of hydrogen-bond donors (Lipinski definition) is 0. The molecule has 1 aromatic rings. The van der Waals surface area contributed by atoms with Crippen LogP contribution in [0.2, 0.25) is 0 Å². The quantitative estimate of drug-likeness (QED) is 0.298. The molecule has 31 heavy (non-hydrogen) atoms. The van der Waals surface area contributed by atoms with E-state index in [0.717, 1.165) is 49.9 Å². The minimum atomic E-state index is -0.911. The first-order chi connectivity index (χ1) is 15.1. The van der Waals surface area contributed by atoms with E-state index in [9.17, 15) is 8.78 Å². The standard InChI is InChI=1S/C28H40F2O/c1-3-5-6-20-31-26-19-18-25(27(29)28(26)30)17-12-22-10-15-24(16-11-22)23-13-8-21(7-4-2)9-14-23/h18-19,21-24H,3-11,13-16,20H2,1-2H3/t21-,22-,23-,24-. The molecule has 1 aromatic carbocycles. The average Bonchev–Trinajstić information content (AvgIpc) is 2.80. The minimum Gasteiger partial charge on any atom is -0.490 e. The summed E-state index contributed by atoms with van der Waals surface area (Å²) < 4.78 is 34.1. The van der Waals surface area contributed by atoms with Gasteiger partial charge in [0.05, 0.1) is 12.2 Å². The summed E-state index contributed by atoms with van der Waals surface area (Å²) in [5, 5.41) is 0. The van der Waals surface area contributed by atoms with Crippen LogP contribution in [0.15, 0.2) is 12.1 Å². The third kappa shape index (κ3) is 6.96. The van der Waals surface area contributed by atoms with Gasteiger partial charge in [0, 0.05) is 5.92 Å². The molecule has 1 nitrogen and oxygen atoms in total. The Morgan fingerprint density at radius 2 is 1.52 bits per heavy atom. The summed E-state index contributed by atoms with van der Waals surface area (Å²) in [5.74, 6) is 7.38. The van der Waals surface area contributed by atoms with Gasteiger partial charge in [-0.2, -0.15) is 4.39 Å². The maximum Gasteiger partial charge on any atom is 0.201 e. The maximum absolute atomic E-state index is 14.4. The second-order valence-corrected chi connectivity index (χ2v) is 9.75. The Morgan fingerprint density at radius 3 is 2.16 bits per heavy atom. The third-order valence-electron chi connectivity index (χ3n) is 7.49. The number of benzene rings is 1. The van der Waals surface area contributed by atoms with Crippen molar-refractivity contribution in [1.29, 1.82) is 0 Å². The van der Waals surface area contributed by atoms with E-state index < -0.39 is 11.6 Å². The molecule has 172 valence electrons. The largest absolute Gasteiger partial charge is 0.490 e. The fraction of sp³-hybridized carbons (Fsp3) is 0.714. The average molecular weight is 431 g/mol. The molecule has 2 fully saturated rings. The van der Waals surface area contributed by atoms with Crippen molar-refractivity contribution in [1.82, 2.24) is 0 Å². The van der Waals surface area contributed by atoms with Gasteiger partial charge in [0.2, 0.25) is 5.82 Å². The maximum atomic E-state index is 14.4. The van der Waals surface area contributed by atoms with Crippen LogP contribution >= 0.6 is 0 Å². The zero-order chi connectivity index (χ0) is 22.1. The SMILES string of the molecule is CCCCCOc1ccc(C#C[C@H]2CC[C@H]([C@H]3CC[C@H](CCC)CC3)CC2)c(F)c1F. The van der Waals surface area contributed by atoms with Gasteiger partial charge >= 0.3 is 0 Å². The van der Waals surface area contributed by atoms with Crippen molar-refractivity contribution in [3.63, 3.8) is 0 Å². The van der Waals surface area contributed by atoms with Crippen molar-refractivity contribution in [3.8, 4) is 17.6 Å². The molecule has 3 heteroatoms. The summed E-state index contributed by atoms with van der Waals surface area (Å²) in [6.07, 6.45) is 16.0. The third-order valence-corrected chi connectivity index (χ3v) is 7.49. The van der Waals surface area contributed by atoms with Crippen molar-refractivity contribution in [2.75, 3.05) is 6.61 Å². The second-order valence-electron chi connectivity index (χ2n) is 9.75. The zero-order valence-electron chi connectivity index (χ0n) is 19.5. The molecule has 0 heterocycles. The molecule has 0 unspecified atom stereocenters. The highest BCUT2D eigenvalue weighted by Gasteiger charge is 2.30. The molecule has 3 rings (SSSR count). The first-order valence-electron chi connectivity index (χ1n) is 12.7. The summed E-state index contributed by atoms with van der Waals surface area (Å²) in [7, 11) is 0. The number of ether oxygens (including phenoxy) is 1. The van der Waals surface area contributed by atoms with Crippen LogP contribution in [0.4, 0.5) is 8.78 Å². The number of halogens is 2. The topological polar surface area (TPSA) is 9.23 Å². The van der Waals surface area contributed by atoms with Crippen molar-refractivity contribution >= 4 is 0 Å². The summed E-state index contributed by atoms with van der Waals surface area (Å²) in [5.41, 5.74) is 0.148. The molecule has 0 amide bonds. The van der Waals surface area contributed by atoms with Gasteiger partial charge in [-0.25, -0.2) is 4.39 Å². The lowest BCUT2D eigenvalue weighted by molar-refractivity contribution is 0.154. The van der Waals surface area contributed by atoms with E-state index in [0.29, 0.717) is 12.5 Å². The lowest BCUT2D eigenvalue weighted by atomic mass is 9.69. The molecule has 0 N–H and O–H groups in total. The predicted octanol–water partition coefficient (Wildman–Crippen LogP) is 8.30. The van der Waals surface area contributed by atoms with Gasteiger partial charge in [-0.05, 0) is 74.8 Å². The van der Waals surface area contributed by atoms with Crippen molar-refractivity contribution < 1.29 is 13.5 Å². The summed E-state index contributed by atoms with van der Waals surface area (Å²) >= 11 is 0. The normalized spacial score (nSPS) is 26.2. The van der Waals surface area contributed by atoms with Crippen molar-refractivity contribution in [2.45, 2.75) is 97.3 Å². The van der Waals surface area contributed by atoms with E-state index in [1.165, 1.54) is 57.4 Å². The number of hydrogen-bond acceptors (Lipinski definition) is 1. The van der Waals surface area contributed by atoms with E-state index in [-0.39, 0.29) is 11.3 Å². The number of unbranched alkanes of at least 4 members (excludes halogenated alkanes) is 2. The smallest absolute Gasteiger partial charge is 0.201 e. The van der Waals surface area contributed by atoms with E-state index in [4.69, 9.17) is 4.74 Å². The van der Waals surface area contributed by atoms with Gasteiger partial charge in [-0.15, -0.1) is 0 Å². The van der Waals surface area contributed by atoms with Gasteiger partial charge in [0.1, 0.15) is 0 Å². The van der Waals surface area contributed by atoms with Gasteiger partial charge < -0.3 is 4.74 Å². The van der Waals surface area contributed by atoms with Crippen LogP contribution in [0.5, 0.6) is 5.75 Å². The molecule has 0 atom stereocenters. The Balaban J connectivity index is 1.48. The van der Waals surface area contributed by atoms with E-state index in [1.807, 2.05) is 0 Å². The Kier molecular flexibility index (Phi) is 9.69. The van der Waals surface area contributed by atoms with Crippen LogP contribution in [-0.2, 0) is 0 Å². The highest BCUT2D eigenvalue weighted by molar-refractivity contribution is 5.41. The van der Waals surface area contributed by atoms with Crippen molar-refractivity contribution in [3.05, 3.63) is 29.3 Å². The predicted molar refractivity (Wildman–Crippen MR) is 124 cm³/mol. The molecule has 0 spiro atoms. The van der Waals surface area contributed by atoms with Crippen molar-refractivity contribution in [2.24, 2.45) is 23.7 Å². The zero-order valence-corrected chi connectivity index (χ0v) is 19.5. The molecule has 2 aliphatic rings. The van der Waals surface area contributed by atoms with Crippen LogP contribution in [0.3, 0.4) is 0 Å². The first kappa shape index (κ1) is 24.1. The molecule has 2 aliphatic carbocycles. The highest BCUT2D eigenvalue weighted by Crippen LogP contribution is 2.42. The van der Waals surface area contributed by atoms with Gasteiger partial charge in [0.15, 0.2) is 11.6 Å². The van der Waals surface area contributed by atoms with E-state index in [2.05, 4.69) is 25.7 Å². The Bertz CT molecular complexity index is 731. The highest BCUT2D eigenvalue weighted by atomic mass is 19.2. The van der Waals surface area contributed by atoms with Gasteiger partial charge in [-0.1, -0.05) is 64.2 Å². The molecule has 0 bridgehead atoms. The molecule has 0 aromatic heterocycles. The Hall–Kier alpha value is -1.56. The van der Waals surface area contributed by atoms with E-state index in [1.54, 1.807) is 6.07 Å². The Morgan fingerprint density at radius 1 is 0.839 bits per heavy atom. The molecule has 0 aliphatic heterocycles. The summed E-state index contributed by atoms with van der Waals surface area (Å²) in [4.78, 5) is 0. The molecular formula is C28H40F2O. The van der Waals surface area contributed by atoms with Gasteiger partial charge in [-0.3, -0.25) is 0 Å². The fourth-order valence-corrected chi connectivity index (χ4v) is 5.55. The Labute approximate surface area is 188 Å². The molecule has 2 saturated carbocycles. The molecule has 0 radical (unpaired) electrons. The van der Waals surface area contributed by atoms with Crippen LogP contribution in [0.1, 0.15) is 103 Å². The minimum absolute atomic E-state index is 0.00619. The summed E-state index contributed by atoms with van der Waals surface area (Å²) in [6.45, 7) is 4.81. The monoisotopic (exact) mass is 430 g/mol. The lowest BCUT2D eigenvalue weighted by Crippen LogP contribution is -2.25. The number of rotatable bonds is 8. The van der Waals surface area contributed by atoms with E-state index >= 15 is 0 Å². The van der Waals surface area contributed by atoms with Crippen LogP contribution in [0, 0.1) is 47.1 Å². The molecular weight excluding hydrogens is 390 g/mol. The van der Waals surface area contributed by atoms with Crippen LogP contribution < -0.4 is 4.74 Å². The second kappa shape index (κ2) is 12.5. The summed E-state index contributed by atoms with van der Waals surface area (Å²) in [6, 6.07) is 3.07. The lowest BCUT2D eigenvalue weighted by Gasteiger charge is -2.37. The first-order valence-corrected chi connectivity index (χ1v) is 12.7. The van der Waals surface area contributed by atoms with Crippen LogP contribution in [0.25, 0.3) is 0 Å². The van der Waals surface area contributed by atoms with Crippen LogP contribution in [-0.4, -0.2) is 6.61 Å². The fourth-order valence-electron chi connectivity index (χ4n) is 5.55. The van der Waals surface area contributed by atoms with Gasteiger partial charge in [0.25, 0.3) is 0 Å².